The Morgan fingerprint density at radius 3 is 2.81 bits per heavy atom. The van der Waals surface area contributed by atoms with E-state index in [-0.39, 0.29) is 5.82 Å². The molecule has 0 aliphatic heterocycles. The topological polar surface area (TPSA) is 37.8 Å². The summed E-state index contributed by atoms with van der Waals surface area (Å²) in [6.45, 7) is 5.91. The van der Waals surface area contributed by atoms with Crippen molar-refractivity contribution >= 4 is 11.6 Å². The maximum absolute atomic E-state index is 13.8. The van der Waals surface area contributed by atoms with Crippen molar-refractivity contribution in [3.8, 4) is 0 Å². The second-order valence-electron chi connectivity index (χ2n) is 5.37. The highest BCUT2D eigenvalue weighted by molar-refractivity contribution is 6.31. The van der Waals surface area contributed by atoms with E-state index in [0.29, 0.717) is 35.3 Å². The molecule has 112 valence electrons. The summed E-state index contributed by atoms with van der Waals surface area (Å²) in [6, 6.07) is 6.53. The van der Waals surface area contributed by atoms with E-state index in [0.717, 1.165) is 12.2 Å². The van der Waals surface area contributed by atoms with E-state index in [4.69, 9.17) is 11.6 Å². The fourth-order valence-corrected chi connectivity index (χ4v) is 2.20. The third kappa shape index (κ3) is 4.76. The Balaban J connectivity index is 2.07. The zero-order valence-corrected chi connectivity index (χ0v) is 13.0. The van der Waals surface area contributed by atoms with Gasteiger partial charge in [0.15, 0.2) is 0 Å². The average molecular weight is 308 g/mol. The van der Waals surface area contributed by atoms with Crippen molar-refractivity contribution in [1.29, 1.82) is 0 Å². The first-order chi connectivity index (χ1) is 10.1. The van der Waals surface area contributed by atoms with Gasteiger partial charge in [-0.2, -0.15) is 0 Å². The van der Waals surface area contributed by atoms with Crippen LogP contribution in [0.4, 0.5) is 4.39 Å². The van der Waals surface area contributed by atoms with Crippen molar-refractivity contribution in [2.45, 2.75) is 26.8 Å². The molecule has 1 aromatic carbocycles. The number of hydrogen-bond acceptors (Lipinski definition) is 3. The second kappa shape index (κ2) is 7.48. The summed E-state index contributed by atoms with van der Waals surface area (Å²) >= 11 is 6.03. The van der Waals surface area contributed by atoms with Gasteiger partial charge in [0.25, 0.3) is 0 Å². The van der Waals surface area contributed by atoms with Gasteiger partial charge in [-0.25, -0.2) is 14.4 Å². The molecule has 0 aliphatic rings. The lowest BCUT2D eigenvalue weighted by atomic mass is 10.1. The summed E-state index contributed by atoms with van der Waals surface area (Å²) in [7, 11) is 0. The maximum Gasteiger partial charge on any atom is 0.133 e. The molecular formula is C16H19ClFN3. The highest BCUT2D eigenvalue weighted by Crippen LogP contribution is 2.21. The predicted molar refractivity (Wildman–Crippen MR) is 82.8 cm³/mol. The molecule has 21 heavy (non-hydrogen) atoms. The third-order valence-electron chi connectivity index (χ3n) is 3.02. The number of rotatable bonds is 6. The zero-order valence-electron chi connectivity index (χ0n) is 12.2. The van der Waals surface area contributed by atoms with Gasteiger partial charge >= 0.3 is 0 Å². The largest absolute Gasteiger partial charge is 0.311 e. The van der Waals surface area contributed by atoms with Crippen molar-refractivity contribution in [2.75, 3.05) is 6.54 Å². The van der Waals surface area contributed by atoms with Crippen LogP contribution in [0.3, 0.4) is 0 Å². The molecule has 5 heteroatoms. The summed E-state index contributed by atoms with van der Waals surface area (Å²) in [4.78, 5) is 8.64. The molecule has 0 bridgehead atoms. The van der Waals surface area contributed by atoms with Crippen molar-refractivity contribution in [3.05, 3.63) is 58.4 Å². The number of aromatic nitrogens is 2. The summed E-state index contributed by atoms with van der Waals surface area (Å²) in [5.74, 6) is 0.837. The summed E-state index contributed by atoms with van der Waals surface area (Å²) in [5.41, 5.74) is 1.33. The molecule has 0 saturated carbocycles. The predicted octanol–water partition coefficient (Wildman–Crippen LogP) is 3.61. The first-order valence-corrected chi connectivity index (χ1v) is 7.38. The molecule has 1 aromatic heterocycles. The maximum atomic E-state index is 13.8. The molecule has 1 N–H and O–H groups in total. The summed E-state index contributed by atoms with van der Waals surface area (Å²) < 4.78 is 13.8. The lowest BCUT2D eigenvalue weighted by Crippen LogP contribution is -2.20. The van der Waals surface area contributed by atoms with Gasteiger partial charge in [-0.15, -0.1) is 0 Å². The Morgan fingerprint density at radius 1 is 1.29 bits per heavy atom. The van der Waals surface area contributed by atoms with Crippen LogP contribution in [0.15, 0.2) is 30.5 Å². The number of halogens is 2. The second-order valence-corrected chi connectivity index (χ2v) is 5.77. The zero-order chi connectivity index (χ0) is 15.2. The van der Waals surface area contributed by atoms with Gasteiger partial charge in [0, 0.05) is 29.7 Å². The molecule has 0 atom stereocenters. The Labute approximate surface area is 129 Å². The first-order valence-electron chi connectivity index (χ1n) is 7.00. The van der Waals surface area contributed by atoms with Crippen LogP contribution >= 0.6 is 11.6 Å². The number of benzene rings is 1. The fourth-order valence-electron chi connectivity index (χ4n) is 1.97. The first kappa shape index (κ1) is 15.9. The van der Waals surface area contributed by atoms with E-state index in [1.54, 1.807) is 18.3 Å². The standard InChI is InChI=1S/C16H19ClFN3/c1-11(2)9-19-10-12-6-7-20-16(21-12)8-13-14(17)4-3-5-15(13)18/h3-7,11,19H,8-10H2,1-2H3. The minimum Gasteiger partial charge on any atom is -0.311 e. The van der Waals surface area contributed by atoms with E-state index in [9.17, 15) is 4.39 Å². The molecule has 0 fully saturated rings. The Kier molecular flexibility index (Phi) is 5.65. The molecule has 0 spiro atoms. The molecule has 2 aromatic rings. The lowest BCUT2D eigenvalue weighted by molar-refractivity contribution is 0.547. The van der Waals surface area contributed by atoms with Crippen molar-refractivity contribution in [3.63, 3.8) is 0 Å². The van der Waals surface area contributed by atoms with Crippen LogP contribution in [0.5, 0.6) is 0 Å². The lowest BCUT2D eigenvalue weighted by Gasteiger charge is -2.08. The summed E-state index contributed by atoms with van der Waals surface area (Å²) in [6.07, 6.45) is 1.99. The van der Waals surface area contributed by atoms with Gasteiger partial charge in [-0.3, -0.25) is 0 Å². The molecule has 0 amide bonds. The monoisotopic (exact) mass is 307 g/mol. The highest BCUT2D eigenvalue weighted by atomic mass is 35.5. The van der Waals surface area contributed by atoms with Crippen molar-refractivity contribution in [1.82, 2.24) is 15.3 Å². The van der Waals surface area contributed by atoms with E-state index in [2.05, 4.69) is 29.1 Å². The van der Waals surface area contributed by atoms with Crippen LogP contribution in [0.25, 0.3) is 0 Å². The molecular weight excluding hydrogens is 289 g/mol. The molecule has 2 rings (SSSR count). The third-order valence-corrected chi connectivity index (χ3v) is 3.37. The van der Waals surface area contributed by atoms with Gasteiger partial charge in [0.05, 0.1) is 5.69 Å². The van der Waals surface area contributed by atoms with E-state index in [1.807, 2.05) is 6.07 Å². The Hall–Kier alpha value is -1.52. The van der Waals surface area contributed by atoms with Crippen LogP contribution in [0, 0.1) is 11.7 Å². The van der Waals surface area contributed by atoms with E-state index >= 15 is 0 Å². The molecule has 0 saturated heterocycles. The van der Waals surface area contributed by atoms with Crippen LogP contribution in [0.2, 0.25) is 5.02 Å². The minimum absolute atomic E-state index is 0.295. The molecule has 3 nitrogen and oxygen atoms in total. The van der Waals surface area contributed by atoms with Gasteiger partial charge < -0.3 is 5.32 Å². The molecule has 1 heterocycles. The Morgan fingerprint density at radius 2 is 2.10 bits per heavy atom. The van der Waals surface area contributed by atoms with Crippen LogP contribution in [0.1, 0.15) is 30.9 Å². The highest BCUT2D eigenvalue weighted by Gasteiger charge is 2.10. The van der Waals surface area contributed by atoms with Gasteiger partial charge in [0.2, 0.25) is 0 Å². The van der Waals surface area contributed by atoms with Crippen LogP contribution < -0.4 is 5.32 Å². The van der Waals surface area contributed by atoms with Crippen LogP contribution in [-0.4, -0.2) is 16.5 Å². The number of nitrogens with zero attached hydrogens (tertiary/aromatic N) is 2. The summed E-state index contributed by atoms with van der Waals surface area (Å²) in [5, 5.41) is 3.73. The van der Waals surface area contributed by atoms with Gasteiger partial charge in [-0.05, 0) is 30.7 Å². The van der Waals surface area contributed by atoms with Gasteiger partial charge in [-0.1, -0.05) is 31.5 Å². The SMILES string of the molecule is CC(C)CNCc1ccnc(Cc2c(F)cccc2Cl)n1. The van der Waals surface area contributed by atoms with Crippen LogP contribution in [-0.2, 0) is 13.0 Å². The van der Waals surface area contributed by atoms with Crippen molar-refractivity contribution < 1.29 is 4.39 Å². The molecule has 0 aliphatic carbocycles. The van der Waals surface area contributed by atoms with Gasteiger partial charge in [0.1, 0.15) is 11.6 Å². The molecule has 0 radical (unpaired) electrons. The van der Waals surface area contributed by atoms with E-state index in [1.165, 1.54) is 6.07 Å². The Bertz CT molecular complexity index is 582. The minimum atomic E-state index is -0.325. The van der Waals surface area contributed by atoms with E-state index < -0.39 is 0 Å². The smallest absolute Gasteiger partial charge is 0.133 e. The quantitative estimate of drug-likeness (QED) is 0.886. The number of nitrogens with one attached hydrogen (secondary N) is 1. The molecule has 0 unspecified atom stereocenters. The average Bonchev–Trinajstić information content (AvgIpc) is 2.43. The normalized spacial score (nSPS) is 11.1. The number of hydrogen-bond donors (Lipinski definition) is 1. The fraction of sp³-hybridized carbons (Fsp3) is 0.375. The van der Waals surface area contributed by atoms with Crippen molar-refractivity contribution in [2.24, 2.45) is 5.92 Å².